The van der Waals surface area contributed by atoms with Crippen molar-refractivity contribution < 1.29 is 0 Å². The van der Waals surface area contributed by atoms with Crippen LogP contribution in [-0.2, 0) is 0 Å². The monoisotopic (exact) mass is 319 g/mol. The molecule has 0 saturated carbocycles. The second-order valence-electron chi connectivity index (χ2n) is 5.28. The molecule has 108 valence electrons. The van der Waals surface area contributed by atoms with Crippen molar-refractivity contribution in [2.45, 2.75) is 19.8 Å². The first-order chi connectivity index (χ1) is 9.99. The summed E-state index contributed by atoms with van der Waals surface area (Å²) in [5, 5.41) is 1.20. The molecule has 0 amide bonds. The largest absolute Gasteiger partial charge is 0.399 e. The lowest BCUT2D eigenvalue weighted by Gasteiger charge is -2.14. The molecule has 1 aromatic heterocycles. The van der Waals surface area contributed by atoms with Crippen LogP contribution in [0.15, 0.2) is 36.4 Å². The zero-order valence-electron chi connectivity index (χ0n) is 11.8. The fourth-order valence-corrected chi connectivity index (χ4v) is 3.01. The summed E-state index contributed by atoms with van der Waals surface area (Å²) < 4.78 is 2.02. The van der Waals surface area contributed by atoms with Crippen LogP contribution in [0.4, 0.5) is 5.69 Å². The van der Waals surface area contributed by atoms with Crippen molar-refractivity contribution in [1.82, 2.24) is 9.55 Å². The number of para-hydroxylation sites is 1. The minimum Gasteiger partial charge on any atom is -0.399 e. The number of nitrogens with zero attached hydrogens (tertiary/aromatic N) is 2. The molecule has 1 heterocycles. The first-order valence-corrected chi connectivity index (χ1v) is 7.47. The number of aromatic nitrogens is 2. The van der Waals surface area contributed by atoms with E-state index in [1.165, 1.54) is 0 Å². The van der Waals surface area contributed by atoms with E-state index in [0.717, 1.165) is 22.5 Å². The van der Waals surface area contributed by atoms with Crippen molar-refractivity contribution in [3.05, 3.63) is 52.3 Å². The Morgan fingerprint density at radius 3 is 2.38 bits per heavy atom. The molecule has 0 fully saturated rings. The van der Waals surface area contributed by atoms with Crippen LogP contribution in [0.1, 0.15) is 25.6 Å². The predicted molar refractivity (Wildman–Crippen MR) is 89.6 cm³/mol. The zero-order valence-corrected chi connectivity index (χ0v) is 13.3. The highest BCUT2D eigenvalue weighted by molar-refractivity contribution is 6.37. The summed E-state index contributed by atoms with van der Waals surface area (Å²) in [5.41, 5.74) is 9.09. The number of anilines is 1. The Labute approximate surface area is 133 Å². The normalized spacial score (nSPS) is 11.5. The third-order valence-electron chi connectivity index (χ3n) is 3.38. The number of hydrogen-bond acceptors (Lipinski definition) is 2. The first-order valence-electron chi connectivity index (χ1n) is 6.71. The molecule has 0 atom stereocenters. The average molecular weight is 320 g/mol. The van der Waals surface area contributed by atoms with Gasteiger partial charge in [0, 0.05) is 11.6 Å². The van der Waals surface area contributed by atoms with Crippen LogP contribution in [0.25, 0.3) is 16.7 Å². The minimum atomic E-state index is 0.228. The third kappa shape index (κ3) is 2.37. The van der Waals surface area contributed by atoms with Gasteiger partial charge in [0.15, 0.2) is 0 Å². The smallest absolute Gasteiger partial charge is 0.117 e. The van der Waals surface area contributed by atoms with Crippen LogP contribution in [0.2, 0.25) is 10.0 Å². The van der Waals surface area contributed by atoms with Gasteiger partial charge in [-0.3, -0.25) is 4.57 Å². The lowest BCUT2D eigenvalue weighted by molar-refractivity contribution is 0.760. The lowest BCUT2D eigenvalue weighted by Crippen LogP contribution is -2.04. The Balaban J connectivity index is 2.42. The minimum absolute atomic E-state index is 0.228. The van der Waals surface area contributed by atoms with Gasteiger partial charge in [0.1, 0.15) is 5.82 Å². The van der Waals surface area contributed by atoms with E-state index >= 15 is 0 Å². The van der Waals surface area contributed by atoms with Crippen molar-refractivity contribution in [3.8, 4) is 5.69 Å². The molecule has 0 bridgehead atoms. The van der Waals surface area contributed by atoms with Gasteiger partial charge >= 0.3 is 0 Å². The Kier molecular flexibility index (Phi) is 3.56. The predicted octanol–water partition coefficient (Wildman–Crippen LogP) is 5.04. The van der Waals surface area contributed by atoms with E-state index in [1.807, 2.05) is 41.0 Å². The van der Waals surface area contributed by atoms with Crippen LogP contribution in [-0.4, -0.2) is 9.55 Å². The number of nitrogens with two attached hydrogens (primary N) is 1. The molecule has 0 spiro atoms. The summed E-state index contributed by atoms with van der Waals surface area (Å²) >= 11 is 12.7. The number of fused-ring (bicyclic) bond motifs is 1. The SMILES string of the molecule is CC(C)c1nc2cc(N)ccc2n1-c1c(Cl)cccc1Cl. The maximum atomic E-state index is 6.37. The van der Waals surface area contributed by atoms with Crippen LogP contribution >= 0.6 is 23.2 Å². The fourth-order valence-electron chi connectivity index (χ4n) is 2.44. The number of halogens is 2. The average Bonchev–Trinajstić information content (AvgIpc) is 2.77. The highest BCUT2D eigenvalue weighted by Crippen LogP contribution is 2.34. The molecule has 0 saturated heterocycles. The van der Waals surface area contributed by atoms with Gasteiger partial charge in [-0.1, -0.05) is 43.1 Å². The Hall–Kier alpha value is -1.71. The number of imidazole rings is 1. The molecule has 0 radical (unpaired) electrons. The van der Waals surface area contributed by atoms with Crippen molar-refractivity contribution in [1.29, 1.82) is 0 Å². The van der Waals surface area contributed by atoms with Gasteiger partial charge in [-0.15, -0.1) is 0 Å². The van der Waals surface area contributed by atoms with Crippen LogP contribution in [0, 0.1) is 0 Å². The summed E-state index contributed by atoms with van der Waals surface area (Å²) in [5.74, 6) is 1.14. The highest BCUT2D eigenvalue weighted by Gasteiger charge is 2.19. The maximum absolute atomic E-state index is 6.37. The van der Waals surface area contributed by atoms with Crippen molar-refractivity contribution in [3.63, 3.8) is 0 Å². The zero-order chi connectivity index (χ0) is 15.1. The van der Waals surface area contributed by atoms with Gasteiger partial charge in [0.25, 0.3) is 0 Å². The summed E-state index contributed by atoms with van der Waals surface area (Å²) in [6.07, 6.45) is 0. The van der Waals surface area contributed by atoms with Crippen LogP contribution in [0.3, 0.4) is 0 Å². The molecule has 5 heteroatoms. The van der Waals surface area contributed by atoms with Gasteiger partial charge in [-0.25, -0.2) is 4.98 Å². The molecular formula is C16H15Cl2N3. The molecule has 0 aliphatic heterocycles. The molecule has 0 aliphatic carbocycles. The molecule has 2 N–H and O–H groups in total. The molecule has 3 nitrogen and oxygen atoms in total. The second kappa shape index (κ2) is 5.24. The van der Waals surface area contributed by atoms with Gasteiger partial charge in [0.2, 0.25) is 0 Å². The Bertz CT molecular complexity index is 801. The van der Waals surface area contributed by atoms with E-state index in [-0.39, 0.29) is 5.92 Å². The Morgan fingerprint density at radius 1 is 1.10 bits per heavy atom. The van der Waals surface area contributed by atoms with E-state index in [1.54, 1.807) is 0 Å². The van der Waals surface area contributed by atoms with Gasteiger partial charge < -0.3 is 5.73 Å². The van der Waals surface area contributed by atoms with Gasteiger partial charge in [-0.2, -0.15) is 0 Å². The molecule has 21 heavy (non-hydrogen) atoms. The van der Waals surface area contributed by atoms with Crippen molar-refractivity contribution >= 4 is 39.9 Å². The molecule has 3 rings (SSSR count). The van der Waals surface area contributed by atoms with E-state index < -0.39 is 0 Å². The highest BCUT2D eigenvalue weighted by atomic mass is 35.5. The number of nitrogen functional groups attached to an aromatic ring is 1. The Morgan fingerprint density at radius 2 is 1.76 bits per heavy atom. The topological polar surface area (TPSA) is 43.8 Å². The summed E-state index contributed by atoms with van der Waals surface area (Å²) in [6.45, 7) is 4.18. The quantitative estimate of drug-likeness (QED) is 0.672. The van der Waals surface area contributed by atoms with Gasteiger partial charge in [0.05, 0.1) is 26.8 Å². The summed E-state index contributed by atoms with van der Waals surface area (Å²) in [7, 11) is 0. The molecule has 3 aromatic rings. The molecule has 2 aromatic carbocycles. The lowest BCUT2D eigenvalue weighted by atomic mass is 10.2. The molecular weight excluding hydrogens is 305 g/mol. The van der Waals surface area contributed by atoms with Gasteiger partial charge in [-0.05, 0) is 30.3 Å². The summed E-state index contributed by atoms with van der Waals surface area (Å²) in [6, 6.07) is 11.2. The molecule has 0 aliphatic rings. The standard InChI is InChI=1S/C16H15Cl2N3/c1-9(2)16-20-13-8-10(19)6-7-14(13)21(16)15-11(17)4-3-5-12(15)18/h3-9H,19H2,1-2H3. The maximum Gasteiger partial charge on any atom is 0.117 e. The molecule has 0 unspecified atom stereocenters. The second-order valence-corrected chi connectivity index (χ2v) is 6.09. The number of rotatable bonds is 2. The first kappa shape index (κ1) is 14.2. The van der Waals surface area contributed by atoms with Crippen molar-refractivity contribution in [2.75, 3.05) is 5.73 Å². The van der Waals surface area contributed by atoms with E-state index in [4.69, 9.17) is 33.9 Å². The van der Waals surface area contributed by atoms with Crippen LogP contribution in [0.5, 0.6) is 0 Å². The number of hydrogen-bond donors (Lipinski definition) is 1. The fraction of sp³-hybridized carbons (Fsp3) is 0.188. The van der Waals surface area contributed by atoms with E-state index in [9.17, 15) is 0 Å². The van der Waals surface area contributed by atoms with Crippen LogP contribution < -0.4 is 5.73 Å². The summed E-state index contributed by atoms with van der Waals surface area (Å²) in [4.78, 5) is 4.70. The third-order valence-corrected chi connectivity index (χ3v) is 3.99. The van der Waals surface area contributed by atoms with Crippen molar-refractivity contribution in [2.24, 2.45) is 0 Å². The number of benzene rings is 2. The van der Waals surface area contributed by atoms with E-state index in [0.29, 0.717) is 15.7 Å². The van der Waals surface area contributed by atoms with E-state index in [2.05, 4.69) is 13.8 Å².